The van der Waals surface area contributed by atoms with Crippen LogP contribution in [0.4, 0.5) is 5.69 Å². The molecule has 1 aliphatic rings. The predicted molar refractivity (Wildman–Crippen MR) is 76.5 cm³/mol. The molecule has 0 amide bonds. The van der Waals surface area contributed by atoms with Crippen molar-refractivity contribution in [3.05, 3.63) is 18.3 Å². The van der Waals surface area contributed by atoms with Crippen molar-refractivity contribution in [3.8, 4) is 5.88 Å². The number of aromatic nitrogens is 1. The third-order valence-electron chi connectivity index (χ3n) is 3.44. The summed E-state index contributed by atoms with van der Waals surface area (Å²) >= 11 is 0. The van der Waals surface area contributed by atoms with E-state index in [1.807, 2.05) is 26.0 Å². The largest absolute Gasteiger partial charge is 0.473 e. The Labute approximate surface area is 115 Å². The molecule has 2 rings (SSSR count). The maximum Gasteiger partial charge on any atom is 0.237 e. The molecule has 1 heterocycles. The number of nitrogens with zero attached hydrogens (tertiary/aromatic N) is 1. The van der Waals surface area contributed by atoms with Crippen molar-refractivity contribution in [2.75, 3.05) is 5.32 Å². The molecule has 106 valence electrons. The van der Waals surface area contributed by atoms with E-state index in [4.69, 9.17) is 4.74 Å². The van der Waals surface area contributed by atoms with Gasteiger partial charge in [-0.25, -0.2) is 4.98 Å². The van der Waals surface area contributed by atoms with E-state index in [9.17, 15) is 5.11 Å². The van der Waals surface area contributed by atoms with Crippen LogP contribution in [0, 0.1) is 0 Å². The van der Waals surface area contributed by atoms with Gasteiger partial charge in [0.15, 0.2) is 0 Å². The highest BCUT2D eigenvalue weighted by Gasteiger charge is 2.22. The Morgan fingerprint density at radius 3 is 2.89 bits per heavy atom. The zero-order chi connectivity index (χ0) is 13.7. The minimum Gasteiger partial charge on any atom is -0.473 e. The summed E-state index contributed by atoms with van der Waals surface area (Å²) in [6.07, 6.45) is 6.89. The Morgan fingerprint density at radius 2 is 2.11 bits per heavy atom. The summed E-state index contributed by atoms with van der Waals surface area (Å²) in [7, 11) is 0. The fraction of sp³-hybridized carbons (Fsp3) is 0.667. The highest BCUT2D eigenvalue weighted by Crippen LogP contribution is 2.26. The van der Waals surface area contributed by atoms with E-state index >= 15 is 0 Å². The van der Waals surface area contributed by atoms with Crippen molar-refractivity contribution in [1.29, 1.82) is 0 Å². The highest BCUT2D eigenvalue weighted by atomic mass is 16.5. The molecule has 1 fully saturated rings. The summed E-state index contributed by atoms with van der Waals surface area (Å²) in [6.45, 7) is 3.97. The number of pyridine rings is 1. The van der Waals surface area contributed by atoms with Crippen molar-refractivity contribution < 1.29 is 9.84 Å². The minimum atomic E-state index is -0.283. The van der Waals surface area contributed by atoms with Crippen LogP contribution in [-0.4, -0.2) is 28.3 Å². The summed E-state index contributed by atoms with van der Waals surface area (Å²) in [5.74, 6) is 0.619. The first-order chi connectivity index (χ1) is 9.16. The molecule has 2 atom stereocenters. The smallest absolute Gasteiger partial charge is 0.237 e. The molecular weight excluding hydrogens is 240 g/mol. The van der Waals surface area contributed by atoms with Gasteiger partial charge >= 0.3 is 0 Å². The Kier molecular flexibility index (Phi) is 5.02. The lowest BCUT2D eigenvalue weighted by atomic mass is 10.1. The van der Waals surface area contributed by atoms with Crippen molar-refractivity contribution in [1.82, 2.24) is 4.98 Å². The van der Waals surface area contributed by atoms with Crippen molar-refractivity contribution in [2.45, 2.75) is 64.2 Å². The summed E-state index contributed by atoms with van der Waals surface area (Å²) in [5.41, 5.74) is 0.877. The number of ether oxygens (including phenoxy) is 1. The third-order valence-corrected chi connectivity index (χ3v) is 3.44. The molecule has 4 heteroatoms. The molecule has 4 nitrogen and oxygen atoms in total. The van der Waals surface area contributed by atoms with Crippen LogP contribution in [0.3, 0.4) is 0 Å². The van der Waals surface area contributed by atoms with Crippen LogP contribution in [-0.2, 0) is 0 Å². The third kappa shape index (κ3) is 4.10. The Balaban J connectivity index is 2.08. The predicted octanol–water partition coefficient (Wildman–Crippen LogP) is 2.97. The van der Waals surface area contributed by atoms with Crippen LogP contribution < -0.4 is 10.1 Å². The summed E-state index contributed by atoms with van der Waals surface area (Å²) in [5, 5.41) is 13.6. The molecule has 0 aromatic carbocycles. The number of hydrogen-bond donors (Lipinski definition) is 2. The lowest BCUT2D eigenvalue weighted by Crippen LogP contribution is -2.32. The summed E-state index contributed by atoms with van der Waals surface area (Å²) < 4.78 is 5.70. The second-order valence-electron chi connectivity index (χ2n) is 5.48. The molecule has 2 N–H and O–H groups in total. The Hall–Kier alpha value is -1.29. The lowest BCUT2D eigenvalue weighted by molar-refractivity contribution is 0.144. The normalized spacial score (nSPS) is 24.0. The summed E-state index contributed by atoms with van der Waals surface area (Å²) in [4.78, 5) is 4.27. The topological polar surface area (TPSA) is 54.4 Å². The Bertz CT molecular complexity index is 395. The standard InChI is InChI=1S/C15H24N2O2/c1-11(2)19-15-13(8-6-10-16-15)17-12-7-4-3-5-9-14(12)18/h6,8,10-12,14,17-18H,3-5,7,9H2,1-2H3. The number of aliphatic hydroxyl groups is 1. The molecule has 0 radical (unpaired) electrons. The number of rotatable bonds is 4. The van der Waals surface area contributed by atoms with Gasteiger partial charge in [-0.1, -0.05) is 19.3 Å². The minimum absolute atomic E-state index is 0.0921. The van der Waals surface area contributed by atoms with Crippen LogP contribution in [0.2, 0.25) is 0 Å². The first kappa shape index (κ1) is 14.1. The fourth-order valence-electron chi connectivity index (χ4n) is 2.47. The van der Waals surface area contributed by atoms with E-state index in [2.05, 4.69) is 10.3 Å². The first-order valence-electron chi connectivity index (χ1n) is 7.23. The van der Waals surface area contributed by atoms with Gasteiger partial charge in [0.2, 0.25) is 5.88 Å². The van der Waals surface area contributed by atoms with Crippen LogP contribution in [0.1, 0.15) is 46.0 Å². The van der Waals surface area contributed by atoms with Crippen molar-refractivity contribution in [2.24, 2.45) is 0 Å². The van der Waals surface area contributed by atoms with Gasteiger partial charge in [-0.3, -0.25) is 0 Å². The zero-order valence-electron chi connectivity index (χ0n) is 11.8. The lowest BCUT2D eigenvalue weighted by Gasteiger charge is -2.24. The van der Waals surface area contributed by atoms with Crippen LogP contribution in [0.25, 0.3) is 0 Å². The number of aliphatic hydroxyl groups excluding tert-OH is 1. The van der Waals surface area contributed by atoms with Crippen LogP contribution in [0.5, 0.6) is 5.88 Å². The van der Waals surface area contributed by atoms with E-state index in [1.54, 1.807) is 6.20 Å². The molecule has 0 saturated heterocycles. The monoisotopic (exact) mass is 264 g/mol. The fourth-order valence-corrected chi connectivity index (χ4v) is 2.47. The van der Waals surface area contributed by atoms with E-state index in [1.165, 1.54) is 6.42 Å². The molecule has 0 bridgehead atoms. The number of anilines is 1. The molecule has 0 spiro atoms. The van der Waals surface area contributed by atoms with E-state index in [0.717, 1.165) is 31.4 Å². The first-order valence-corrected chi connectivity index (χ1v) is 7.23. The van der Waals surface area contributed by atoms with Gasteiger partial charge in [-0.15, -0.1) is 0 Å². The Morgan fingerprint density at radius 1 is 1.32 bits per heavy atom. The van der Waals surface area contributed by atoms with Crippen LogP contribution in [0.15, 0.2) is 18.3 Å². The van der Waals surface area contributed by atoms with Gasteiger partial charge in [0.25, 0.3) is 0 Å². The van der Waals surface area contributed by atoms with Gasteiger partial charge in [0.05, 0.1) is 23.9 Å². The van der Waals surface area contributed by atoms with E-state index in [0.29, 0.717) is 5.88 Å². The average molecular weight is 264 g/mol. The molecule has 0 aliphatic heterocycles. The molecule has 19 heavy (non-hydrogen) atoms. The van der Waals surface area contributed by atoms with Gasteiger partial charge in [-0.05, 0) is 38.8 Å². The van der Waals surface area contributed by atoms with Gasteiger partial charge in [0.1, 0.15) is 0 Å². The summed E-state index contributed by atoms with van der Waals surface area (Å²) in [6, 6.07) is 3.95. The molecule has 1 aliphatic carbocycles. The SMILES string of the molecule is CC(C)Oc1ncccc1NC1CCCCCC1O. The number of nitrogens with one attached hydrogen (secondary N) is 1. The maximum atomic E-state index is 10.2. The highest BCUT2D eigenvalue weighted by molar-refractivity contribution is 5.53. The quantitative estimate of drug-likeness (QED) is 0.821. The second-order valence-corrected chi connectivity index (χ2v) is 5.48. The van der Waals surface area contributed by atoms with Gasteiger partial charge in [0, 0.05) is 6.20 Å². The molecule has 1 saturated carbocycles. The second kappa shape index (κ2) is 6.75. The zero-order valence-corrected chi connectivity index (χ0v) is 11.8. The van der Waals surface area contributed by atoms with Gasteiger partial charge in [-0.2, -0.15) is 0 Å². The molecule has 1 aromatic heterocycles. The average Bonchev–Trinajstić information content (AvgIpc) is 2.57. The maximum absolute atomic E-state index is 10.2. The van der Waals surface area contributed by atoms with Crippen molar-refractivity contribution in [3.63, 3.8) is 0 Å². The van der Waals surface area contributed by atoms with Crippen LogP contribution >= 0.6 is 0 Å². The number of hydrogen-bond acceptors (Lipinski definition) is 4. The van der Waals surface area contributed by atoms with Gasteiger partial charge < -0.3 is 15.2 Å². The molecular formula is C15H24N2O2. The van der Waals surface area contributed by atoms with E-state index < -0.39 is 0 Å². The molecule has 2 unspecified atom stereocenters. The van der Waals surface area contributed by atoms with E-state index in [-0.39, 0.29) is 18.2 Å². The molecule has 1 aromatic rings. The van der Waals surface area contributed by atoms with Crippen molar-refractivity contribution >= 4 is 5.69 Å².